The zero-order valence-electron chi connectivity index (χ0n) is 19.4. The Labute approximate surface area is 198 Å². The monoisotopic (exact) mass is 496 g/mol. The summed E-state index contributed by atoms with van der Waals surface area (Å²) >= 11 is 0. The van der Waals surface area contributed by atoms with Gasteiger partial charge >= 0.3 is 11.9 Å². The Morgan fingerprint density at radius 3 is 1.06 bits per heavy atom. The standard InChI is InChI=1S/C20H40N4O10/c25-11-15(17(29)13-27)23-5-1-21(9-19(31)32)2-6-24(16(12-26)18(30)14-28)8-4-22(3-7-23)10-20(33)34/h15-18,25-30H,1-14H2,(H,31,32)(H,33,34)/t15-,16-,17-,18-/m0/s1. The topological polar surface area (TPSA) is 209 Å². The molecule has 200 valence electrons. The first-order valence-corrected chi connectivity index (χ1v) is 11.3. The van der Waals surface area contributed by atoms with Gasteiger partial charge in [0.25, 0.3) is 0 Å². The molecule has 0 amide bonds. The van der Waals surface area contributed by atoms with Crippen molar-refractivity contribution in [3.8, 4) is 0 Å². The fourth-order valence-corrected chi connectivity index (χ4v) is 4.09. The number of carboxylic acids is 2. The van der Waals surface area contributed by atoms with Gasteiger partial charge in [-0.2, -0.15) is 0 Å². The van der Waals surface area contributed by atoms with E-state index in [-0.39, 0.29) is 65.4 Å². The summed E-state index contributed by atoms with van der Waals surface area (Å²) in [6.45, 7) is -0.753. The number of hydrogen-bond acceptors (Lipinski definition) is 12. The van der Waals surface area contributed by atoms with Gasteiger partial charge in [-0.25, -0.2) is 0 Å². The van der Waals surface area contributed by atoms with E-state index in [2.05, 4.69) is 0 Å². The molecule has 1 aliphatic rings. The van der Waals surface area contributed by atoms with Gasteiger partial charge in [0, 0.05) is 52.4 Å². The maximum atomic E-state index is 11.4. The summed E-state index contributed by atoms with van der Waals surface area (Å²) in [4.78, 5) is 29.4. The van der Waals surface area contributed by atoms with Crippen LogP contribution in [0.15, 0.2) is 0 Å². The number of aliphatic hydroxyl groups is 6. The van der Waals surface area contributed by atoms with Crippen molar-refractivity contribution in [1.29, 1.82) is 0 Å². The molecule has 14 heteroatoms. The van der Waals surface area contributed by atoms with Crippen LogP contribution in [0.3, 0.4) is 0 Å². The summed E-state index contributed by atoms with van der Waals surface area (Å²) in [7, 11) is 0. The van der Waals surface area contributed by atoms with Crippen molar-refractivity contribution in [3.05, 3.63) is 0 Å². The predicted octanol–water partition coefficient (Wildman–Crippen LogP) is -5.19. The van der Waals surface area contributed by atoms with Crippen LogP contribution in [0.4, 0.5) is 0 Å². The van der Waals surface area contributed by atoms with Gasteiger partial charge in [-0.15, -0.1) is 0 Å². The van der Waals surface area contributed by atoms with Crippen molar-refractivity contribution in [3.63, 3.8) is 0 Å². The molecule has 1 fully saturated rings. The predicted molar refractivity (Wildman–Crippen MR) is 119 cm³/mol. The van der Waals surface area contributed by atoms with Crippen LogP contribution in [0.25, 0.3) is 0 Å². The Morgan fingerprint density at radius 1 is 0.559 bits per heavy atom. The van der Waals surface area contributed by atoms with E-state index in [9.17, 15) is 50.4 Å². The van der Waals surface area contributed by atoms with E-state index in [1.807, 2.05) is 0 Å². The maximum absolute atomic E-state index is 11.4. The molecule has 0 bridgehead atoms. The quantitative estimate of drug-likeness (QED) is 0.127. The minimum absolute atomic E-state index is 0.235. The summed E-state index contributed by atoms with van der Waals surface area (Å²) < 4.78 is 0. The number of nitrogens with zero attached hydrogens (tertiary/aromatic N) is 4. The molecule has 34 heavy (non-hydrogen) atoms. The number of aliphatic carboxylic acids is 2. The SMILES string of the molecule is O=C(O)CN1CCN([C@@H](CO)[C@@H](O)CO)CCN(CC(=O)O)CCN([C@@H](CO)[C@@H](O)CO)CC1. The van der Waals surface area contributed by atoms with Crippen LogP contribution in [0.5, 0.6) is 0 Å². The van der Waals surface area contributed by atoms with E-state index >= 15 is 0 Å². The fourth-order valence-electron chi connectivity index (χ4n) is 4.09. The first-order valence-electron chi connectivity index (χ1n) is 11.3. The Kier molecular flexibility index (Phi) is 14.6. The molecule has 0 aromatic heterocycles. The third-order valence-electron chi connectivity index (χ3n) is 6.11. The van der Waals surface area contributed by atoms with Gasteiger partial charge in [-0.3, -0.25) is 29.2 Å². The lowest BCUT2D eigenvalue weighted by atomic mass is 10.1. The molecule has 0 aliphatic carbocycles. The van der Waals surface area contributed by atoms with Gasteiger partial charge in [-0.1, -0.05) is 0 Å². The molecule has 1 saturated heterocycles. The minimum atomic E-state index is -1.24. The van der Waals surface area contributed by atoms with Gasteiger partial charge in [-0.05, 0) is 0 Å². The molecular formula is C20H40N4O10. The van der Waals surface area contributed by atoms with Crippen LogP contribution in [-0.2, 0) is 9.59 Å². The van der Waals surface area contributed by atoms with E-state index in [0.717, 1.165) is 0 Å². The third-order valence-corrected chi connectivity index (χ3v) is 6.11. The van der Waals surface area contributed by atoms with Crippen LogP contribution < -0.4 is 0 Å². The van der Waals surface area contributed by atoms with Crippen molar-refractivity contribution < 1.29 is 50.4 Å². The van der Waals surface area contributed by atoms with E-state index in [4.69, 9.17) is 0 Å². The average molecular weight is 497 g/mol. The Balaban J connectivity index is 3.18. The highest BCUT2D eigenvalue weighted by molar-refractivity contribution is 5.69. The molecule has 0 saturated carbocycles. The van der Waals surface area contributed by atoms with Crippen molar-refractivity contribution in [2.75, 3.05) is 91.9 Å². The van der Waals surface area contributed by atoms with Gasteiger partial charge in [0.1, 0.15) is 0 Å². The fraction of sp³-hybridized carbons (Fsp3) is 0.900. The number of rotatable bonds is 12. The largest absolute Gasteiger partial charge is 0.480 e. The Bertz CT molecular complexity index is 536. The summed E-state index contributed by atoms with van der Waals surface area (Å²) in [5, 5.41) is 77.2. The number of carbonyl (C=O) groups is 2. The molecule has 0 radical (unpaired) electrons. The van der Waals surface area contributed by atoms with Gasteiger partial charge < -0.3 is 40.9 Å². The third kappa shape index (κ3) is 10.4. The van der Waals surface area contributed by atoms with E-state index in [1.54, 1.807) is 19.6 Å². The van der Waals surface area contributed by atoms with Gasteiger partial charge in [0.05, 0.1) is 63.8 Å². The molecule has 1 aliphatic heterocycles. The van der Waals surface area contributed by atoms with Crippen molar-refractivity contribution in [2.24, 2.45) is 0 Å². The molecule has 0 aromatic rings. The molecule has 0 aromatic carbocycles. The Hall–Kier alpha value is -1.46. The van der Waals surface area contributed by atoms with Crippen LogP contribution in [-0.4, -0.2) is 189 Å². The molecule has 14 nitrogen and oxygen atoms in total. The number of aliphatic hydroxyl groups excluding tert-OH is 6. The van der Waals surface area contributed by atoms with Crippen LogP contribution in [0.1, 0.15) is 0 Å². The highest BCUT2D eigenvalue weighted by Gasteiger charge is 2.29. The molecular weight excluding hydrogens is 456 g/mol. The van der Waals surface area contributed by atoms with Gasteiger partial charge in [0.15, 0.2) is 0 Å². The summed E-state index contributed by atoms with van der Waals surface area (Å²) in [5.41, 5.74) is 0. The summed E-state index contributed by atoms with van der Waals surface area (Å²) in [5.74, 6) is -2.11. The zero-order chi connectivity index (χ0) is 25.7. The summed E-state index contributed by atoms with van der Waals surface area (Å²) in [6, 6.07) is -1.64. The van der Waals surface area contributed by atoms with E-state index in [0.29, 0.717) is 0 Å². The van der Waals surface area contributed by atoms with E-state index < -0.39 is 62.7 Å². The number of hydrogen-bond donors (Lipinski definition) is 8. The van der Waals surface area contributed by atoms with Crippen molar-refractivity contribution in [2.45, 2.75) is 24.3 Å². The second-order valence-electron chi connectivity index (χ2n) is 8.41. The average Bonchev–Trinajstić information content (AvgIpc) is 2.79. The molecule has 8 N–H and O–H groups in total. The normalized spacial score (nSPS) is 22.3. The second kappa shape index (κ2) is 16.3. The van der Waals surface area contributed by atoms with Crippen LogP contribution >= 0.6 is 0 Å². The molecule has 4 atom stereocenters. The lowest BCUT2D eigenvalue weighted by Crippen LogP contribution is -2.56. The molecule has 0 unspecified atom stereocenters. The van der Waals surface area contributed by atoms with Gasteiger partial charge in [0.2, 0.25) is 0 Å². The molecule has 0 spiro atoms. The molecule has 1 rings (SSSR count). The first kappa shape index (κ1) is 30.6. The minimum Gasteiger partial charge on any atom is -0.480 e. The zero-order valence-corrected chi connectivity index (χ0v) is 19.4. The Morgan fingerprint density at radius 2 is 0.853 bits per heavy atom. The van der Waals surface area contributed by atoms with Crippen LogP contribution in [0, 0.1) is 0 Å². The van der Waals surface area contributed by atoms with Crippen molar-refractivity contribution in [1.82, 2.24) is 19.6 Å². The first-order chi connectivity index (χ1) is 16.2. The highest BCUT2D eigenvalue weighted by Crippen LogP contribution is 2.10. The smallest absolute Gasteiger partial charge is 0.317 e. The lowest BCUT2D eigenvalue weighted by molar-refractivity contribution is -0.139. The maximum Gasteiger partial charge on any atom is 0.317 e. The van der Waals surface area contributed by atoms with Crippen LogP contribution in [0.2, 0.25) is 0 Å². The van der Waals surface area contributed by atoms with Crippen molar-refractivity contribution >= 4 is 11.9 Å². The van der Waals surface area contributed by atoms with E-state index in [1.165, 1.54) is 0 Å². The molecule has 1 heterocycles. The lowest BCUT2D eigenvalue weighted by Gasteiger charge is -2.39. The number of carboxylic acid groups (broad SMARTS) is 2. The highest BCUT2D eigenvalue weighted by atomic mass is 16.4. The second-order valence-corrected chi connectivity index (χ2v) is 8.41. The summed E-state index contributed by atoms with van der Waals surface area (Å²) in [6.07, 6.45) is -2.47.